The van der Waals surface area contributed by atoms with Crippen LogP contribution in [0, 0.1) is 0 Å². The number of benzene rings is 1. The van der Waals surface area contributed by atoms with Crippen LogP contribution in [0.2, 0.25) is 0 Å². The maximum Gasteiger partial charge on any atom is 0.127 e. The van der Waals surface area contributed by atoms with Gasteiger partial charge in [0.25, 0.3) is 0 Å². The molecule has 1 atom stereocenters. The summed E-state index contributed by atoms with van der Waals surface area (Å²) < 4.78 is 6.22. The number of rotatable bonds is 3. The third-order valence-electron chi connectivity index (χ3n) is 3.61. The fraction of sp³-hybridized carbons (Fsp3) is 0.684. The summed E-state index contributed by atoms with van der Waals surface area (Å²) in [6.45, 7) is 19.6. The van der Waals surface area contributed by atoms with Crippen LogP contribution in [0.3, 0.4) is 0 Å². The lowest BCUT2D eigenvalue weighted by Crippen LogP contribution is -2.23. The van der Waals surface area contributed by atoms with Crippen molar-refractivity contribution in [2.24, 2.45) is 5.73 Å². The Morgan fingerprint density at radius 2 is 1.24 bits per heavy atom. The Balaban J connectivity index is 3.69. The molecule has 21 heavy (non-hydrogen) atoms. The van der Waals surface area contributed by atoms with Crippen molar-refractivity contribution < 1.29 is 4.74 Å². The highest BCUT2D eigenvalue weighted by Gasteiger charge is 2.28. The summed E-state index contributed by atoms with van der Waals surface area (Å²) in [5, 5.41) is 0. The van der Waals surface area contributed by atoms with E-state index in [1.165, 1.54) is 16.7 Å². The summed E-state index contributed by atoms with van der Waals surface area (Å²) in [7, 11) is 0. The first-order valence-corrected chi connectivity index (χ1v) is 7.95. The number of hydrogen-bond acceptors (Lipinski definition) is 2. The van der Waals surface area contributed by atoms with Crippen molar-refractivity contribution in [1.82, 2.24) is 0 Å². The SMILES string of the molecule is CC(C)Oc1c(C(C)(C)C)cc(C(C)N)cc1C(C)(C)C. The third kappa shape index (κ3) is 4.47. The van der Waals surface area contributed by atoms with Gasteiger partial charge in [0.1, 0.15) is 5.75 Å². The van der Waals surface area contributed by atoms with Gasteiger partial charge in [0.15, 0.2) is 0 Å². The largest absolute Gasteiger partial charge is 0.490 e. The van der Waals surface area contributed by atoms with E-state index >= 15 is 0 Å². The molecule has 120 valence electrons. The van der Waals surface area contributed by atoms with Gasteiger partial charge in [0.05, 0.1) is 6.10 Å². The second-order valence-electron chi connectivity index (χ2n) is 8.40. The molecule has 2 nitrogen and oxygen atoms in total. The van der Waals surface area contributed by atoms with Crippen molar-refractivity contribution in [1.29, 1.82) is 0 Å². The summed E-state index contributed by atoms with van der Waals surface area (Å²) in [6.07, 6.45) is 0.161. The molecule has 0 saturated carbocycles. The van der Waals surface area contributed by atoms with Crippen LogP contribution in [0.15, 0.2) is 12.1 Å². The zero-order valence-electron chi connectivity index (χ0n) is 15.3. The zero-order chi connectivity index (χ0) is 16.6. The molecule has 1 aromatic rings. The molecule has 0 heterocycles. The third-order valence-corrected chi connectivity index (χ3v) is 3.61. The van der Waals surface area contributed by atoms with Crippen molar-refractivity contribution in [3.8, 4) is 5.75 Å². The van der Waals surface area contributed by atoms with Crippen molar-refractivity contribution in [3.05, 3.63) is 28.8 Å². The molecule has 0 bridgehead atoms. The molecule has 2 heteroatoms. The van der Waals surface area contributed by atoms with E-state index in [2.05, 4.69) is 67.5 Å². The first-order valence-electron chi connectivity index (χ1n) is 7.95. The van der Waals surface area contributed by atoms with Crippen molar-refractivity contribution >= 4 is 0 Å². The standard InChI is InChI=1S/C19H33NO/c1-12(2)21-17-15(18(4,5)6)10-14(13(3)20)11-16(17)19(7,8)9/h10-13H,20H2,1-9H3. The van der Waals surface area contributed by atoms with Gasteiger partial charge in [-0.1, -0.05) is 53.7 Å². The Labute approximate surface area is 131 Å². The van der Waals surface area contributed by atoms with Gasteiger partial charge in [0, 0.05) is 17.2 Å². The van der Waals surface area contributed by atoms with Gasteiger partial charge in [-0.2, -0.15) is 0 Å². The lowest BCUT2D eigenvalue weighted by atomic mass is 9.77. The second-order valence-corrected chi connectivity index (χ2v) is 8.40. The molecular weight excluding hydrogens is 258 g/mol. The normalized spacial score (nSPS) is 14.4. The summed E-state index contributed by atoms with van der Waals surface area (Å²) in [5.74, 6) is 1.04. The van der Waals surface area contributed by atoms with Crippen molar-refractivity contribution in [2.75, 3.05) is 0 Å². The molecule has 1 aromatic carbocycles. The molecule has 2 N–H and O–H groups in total. The summed E-state index contributed by atoms with van der Waals surface area (Å²) in [5.41, 5.74) is 9.87. The van der Waals surface area contributed by atoms with Gasteiger partial charge in [-0.3, -0.25) is 0 Å². The molecule has 1 rings (SSSR count). The Morgan fingerprint density at radius 1 is 0.857 bits per heavy atom. The zero-order valence-corrected chi connectivity index (χ0v) is 15.3. The first-order chi connectivity index (χ1) is 9.34. The highest BCUT2D eigenvalue weighted by molar-refractivity contribution is 5.51. The summed E-state index contributed by atoms with van der Waals surface area (Å²) >= 11 is 0. The molecule has 0 aromatic heterocycles. The van der Waals surface area contributed by atoms with Crippen molar-refractivity contribution in [3.63, 3.8) is 0 Å². The fourth-order valence-electron chi connectivity index (χ4n) is 2.39. The van der Waals surface area contributed by atoms with Crippen LogP contribution in [-0.2, 0) is 10.8 Å². The molecule has 0 aliphatic rings. The minimum atomic E-state index is 0.0229. The minimum absolute atomic E-state index is 0.0229. The van der Waals surface area contributed by atoms with Crippen LogP contribution in [0.5, 0.6) is 5.75 Å². The van der Waals surface area contributed by atoms with Gasteiger partial charge in [-0.25, -0.2) is 0 Å². The van der Waals surface area contributed by atoms with Gasteiger partial charge >= 0.3 is 0 Å². The van der Waals surface area contributed by atoms with E-state index in [1.54, 1.807) is 0 Å². The first kappa shape index (κ1) is 18.0. The van der Waals surface area contributed by atoms with E-state index < -0.39 is 0 Å². The van der Waals surface area contributed by atoms with Crippen LogP contribution in [-0.4, -0.2) is 6.10 Å². The van der Waals surface area contributed by atoms with E-state index in [0.717, 1.165) is 5.75 Å². The quantitative estimate of drug-likeness (QED) is 0.842. The van der Waals surface area contributed by atoms with E-state index in [-0.39, 0.29) is 23.0 Å². The van der Waals surface area contributed by atoms with E-state index in [1.807, 2.05) is 6.92 Å². The average Bonchev–Trinajstić information content (AvgIpc) is 2.24. The highest BCUT2D eigenvalue weighted by Crippen LogP contribution is 2.41. The predicted molar refractivity (Wildman–Crippen MR) is 92.2 cm³/mol. The lowest BCUT2D eigenvalue weighted by Gasteiger charge is -2.32. The Bertz CT molecular complexity index is 452. The fourth-order valence-corrected chi connectivity index (χ4v) is 2.39. The van der Waals surface area contributed by atoms with E-state index in [0.29, 0.717) is 0 Å². The Hall–Kier alpha value is -1.02. The monoisotopic (exact) mass is 291 g/mol. The number of ether oxygens (including phenoxy) is 1. The molecule has 0 spiro atoms. The maximum absolute atomic E-state index is 6.22. The number of nitrogens with two attached hydrogens (primary N) is 1. The molecular formula is C19H33NO. The minimum Gasteiger partial charge on any atom is -0.490 e. The maximum atomic E-state index is 6.22. The van der Waals surface area contributed by atoms with Crippen LogP contribution in [0.4, 0.5) is 0 Å². The molecule has 0 aliphatic carbocycles. The van der Waals surface area contributed by atoms with E-state index in [4.69, 9.17) is 10.5 Å². The molecule has 0 fully saturated rings. The van der Waals surface area contributed by atoms with Crippen LogP contribution in [0.25, 0.3) is 0 Å². The predicted octanol–water partition coefficient (Wildman–Crippen LogP) is 5.09. The topological polar surface area (TPSA) is 35.2 Å². The second kappa shape index (κ2) is 6.00. The van der Waals surface area contributed by atoms with Gasteiger partial charge in [-0.15, -0.1) is 0 Å². The molecule has 0 saturated heterocycles. The Kier molecular flexibility index (Phi) is 5.15. The summed E-state index contributed by atoms with van der Waals surface area (Å²) in [6, 6.07) is 4.47. The summed E-state index contributed by atoms with van der Waals surface area (Å²) in [4.78, 5) is 0. The highest BCUT2D eigenvalue weighted by atomic mass is 16.5. The van der Waals surface area contributed by atoms with Crippen molar-refractivity contribution in [2.45, 2.75) is 85.3 Å². The van der Waals surface area contributed by atoms with Crippen LogP contribution in [0.1, 0.15) is 85.0 Å². The van der Waals surface area contributed by atoms with Crippen LogP contribution < -0.4 is 10.5 Å². The van der Waals surface area contributed by atoms with Crippen LogP contribution >= 0.6 is 0 Å². The number of hydrogen-bond donors (Lipinski definition) is 1. The molecule has 0 aliphatic heterocycles. The smallest absolute Gasteiger partial charge is 0.127 e. The van der Waals surface area contributed by atoms with Gasteiger partial charge in [-0.05, 0) is 37.2 Å². The van der Waals surface area contributed by atoms with Gasteiger partial charge in [0.2, 0.25) is 0 Å². The van der Waals surface area contributed by atoms with Gasteiger partial charge < -0.3 is 10.5 Å². The molecule has 0 radical (unpaired) electrons. The molecule has 0 amide bonds. The van der Waals surface area contributed by atoms with E-state index in [9.17, 15) is 0 Å². The molecule has 1 unspecified atom stereocenters. The lowest BCUT2D eigenvalue weighted by molar-refractivity contribution is 0.230. The average molecular weight is 291 g/mol. The Morgan fingerprint density at radius 3 is 1.48 bits per heavy atom.